The van der Waals surface area contributed by atoms with Gasteiger partial charge < -0.3 is 9.32 Å². The number of halogens is 2. The first-order valence-corrected chi connectivity index (χ1v) is 9.36. The summed E-state index contributed by atoms with van der Waals surface area (Å²) < 4.78 is 5.43. The Balaban J connectivity index is 1.30. The van der Waals surface area contributed by atoms with Crippen LogP contribution in [0.5, 0.6) is 0 Å². The third-order valence-corrected chi connectivity index (χ3v) is 5.98. The van der Waals surface area contributed by atoms with Crippen LogP contribution in [-0.2, 0) is 11.3 Å². The molecule has 1 aliphatic heterocycles. The van der Waals surface area contributed by atoms with E-state index < -0.39 is 0 Å². The molecule has 1 aromatic heterocycles. The minimum absolute atomic E-state index is 0.0973. The molecule has 1 saturated carbocycles. The fourth-order valence-electron chi connectivity index (χ4n) is 3.56. The summed E-state index contributed by atoms with van der Waals surface area (Å²) in [7, 11) is 0. The molecule has 1 aliphatic carbocycles. The van der Waals surface area contributed by atoms with Gasteiger partial charge in [0.15, 0.2) is 0 Å². The molecule has 2 fully saturated rings. The highest BCUT2D eigenvalue weighted by Gasteiger charge is 2.47. The van der Waals surface area contributed by atoms with Crippen LogP contribution in [0.1, 0.15) is 23.7 Å². The van der Waals surface area contributed by atoms with Gasteiger partial charge in [-0.05, 0) is 30.2 Å². The molecule has 25 heavy (non-hydrogen) atoms. The fourth-order valence-corrected chi connectivity index (χ4v) is 3.94. The second-order valence-electron chi connectivity index (χ2n) is 6.78. The summed E-state index contributed by atoms with van der Waals surface area (Å²) in [6.45, 7) is 4.00. The molecule has 2 aromatic rings. The van der Waals surface area contributed by atoms with Crippen LogP contribution < -0.4 is 0 Å². The summed E-state index contributed by atoms with van der Waals surface area (Å²) in [5.74, 6) is 1.57. The van der Waals surface area contributed by atoms with Crippen molar-refractivity contribution in [2.75, 3.05) is 26.2 Å². The van der Waals surface area contributed by atoms with E-state index in [0.29, 0.717) is 10.0 Å². The smallest absolute Gasteiger partial charge is 0.226 e. The lowest BCUT2D eigenvalue weighted by Crippen LogP contribution is -2.48. The molecule has 1 amide bonds. The zero-order chi connectivity index (χ0) is 17.4. The number of amides is 1. The monoisotopic (exact) mass is 378 g/mol. The zero-order valence-corrected chi connectivity index (χ0v) is 15.3. The Morgan fingerprint density at radius 2 is 1.92 bits per heavy atom. The largest absolute Gasteiger partial charge is 0.469 e. The summed E-state index contributed by atoms with van der Waals surface area (Å²) in [4.78, 5) is 17.0. The Morgan fingerprint density at radius 1 is 1.12 bits per heavy atom. The maximum Gasteiger partial charge on any atom is 0.226 e. The summed E-state index contributed by atoms with van der Waals surface area (Å²) in [5.41, 5.74) is 1.04. The lowest BCUT2D eigenvalue weighted by Gasteiger charge is -2.35. The molecule has 0 radical (unpaired) electrons. The third kappa shape index (κ3) is 3.57. The van der Waals surface area contributed by atoms with Gasteiger partial charge in [0.1, 0.15) is 5.76 Å². The molecule has 1 aromatic carbocycles. The minimum atomic E-state index is 0.0973. The van der Waals surface area contributed by atoms with Crippen LogP contribution in [-0.4, -0.2) is 41.9 Å². The first-order valence-electron chi connectivity index (χ1n) is 8.61. The van der Waals surface area contributed by atoms with Gasteiger partial charge in [-0.15, -0.1) is 0 Å². The van der Waals surface area contributed by atoms with Gasteiger partial charge in [0, 0.05) is 44.6 Å². The molecular formula is C19H20Cl2N2O2. The van der Waals surface area contributed by atoms with E-state index in [-0.39, 0.29) is 17.7 Å². The SMILES string of the molecule is O=C(C1CC1c1ccco1)N1CCN(Cc2cccc(Cl)c2Cl)CC1. The average Bonchev–Trinajstić information content (AvgIpc) is 3.24. The molecule has 132 valence electrons. The highest BCUT2D eigenvalue weighted by atomic mass is 35.5. The van der Waals surface area contributed by atoms with E-state index in [1.807, 2.05) is 29.2 Å². The van der Waals surface area contributed by atoms with Gasteiger partial charge in [-0.25, -0.2) is 0 Å². The van der Waals surface area contributed by atoms with Crippen molar-refractivity contribution >= 4 is 29.1 Å². The maximum absolute atomic E-state index is 12.7. The molecule has 0 N–H and O–H groups in total. The van der Waals surface area contributed by atoms with Gasteiger partial charge in [0.25, 0.3) is 0 Å². The van der Waals surface area contributed by atoms with Crippen molar-refractivity contribution in [1.82, 2.24) is 9.80 Å². The summed E-state index contributed by atoms with van der Waals surface area (Å²) in [5, 5.41) is 1.22. The van der Waals surface area contributed by atoms with Crippen molar-refractivity contribution in [3.05, 3.63) is 58.0 Å². The number of carbonyl (C=O) groups is 1. The highest BCUT2D eigenvalue weighted by molar-refractivity contribution is 6.42. The highest BCUT2D eigenvalue weighted by Crippen LogP contribution is 2.48. The Hall–Kier alpha value is -1.49. The van der Waals surface area contributed by atoms with Crippen LogP contribution in [0.4, 0.5) is 0 Å². The van der Waals surface area contributed by atoms with Gasteiger partial charge in [0.05, 0.1) is 16.3 Å². The molecule has 2 aliphatic rings. The minimum Gasteiger partial charge on any atom is -0.469 e. The normalized spacial score (nSPS) is 23.7. The molecule has 4 nitrogen and oxygen atoms in total. The number of nitrogens with zero attached hydrogens (tertiary/aromatic N) is 2. The van der Waals surface area contributed by atoms with Gasteiger partial charge in [-0.2, -0.15) is 0 Å². The second kappa shape index (κ2) is 7.02. The summed E-state index contributed by atoms with van der Waals surface area (Å²) in [6.07, 6.45) is 2.58. The Kier molecular flexibility index (Phi) is 4.76. The Labute approximate surface area is 157 Å². The predicted molar refractivity (Wildman–Crippen MR) is 97.9 cm³/mol. The van der Waals surface area contributed by atoms with Gasteiger partial charge in [-0.1, -0.05) is 35.3 Å². The number of hydrogen-bond acceptors (Lipinski definition) is 3. The number of piperazine rings is 1. The van der Waals surface area contributed by atoms with Gasteiger partial charge in [0.2, 0.25) is 5.91 Å². The lowest BCUT2D eigenvalue weighted by molar-refractivity contribution is -0.134. The van der Waals surface area contributed by atoms with E-state index in [4.69, 9.17) is 27.6 Å². The number of hydrogen-bond donors (Lipinski definition) is 0. The van der Waals surface area contributed by atoms with Crippen LogP contribution in [0.2, 0.25) is 10.0 Å². The zero-order valence-electron chi connectivity index (χ0n) is 13.8. The van der Waals surface area contributed by atoms with E-state index >= 15 is 0 Å². The van der Waals surface area contributed by atoms with Crippen LogP contribution in [0.25, 0.3) is 0 Å². The third-order valence-electron chi connectivity index (χ3n) is 5.13. The molecule has 1 saturated heterocycles. The topological polar surface area (TPSA) is 36.7 Å². The Morgan fingerprint density at radius 3 is 2.64 bits per heavy atom. The predicted octanol–water partition coefficient (Wildman–Crippen LogP) is 4.03. The van der Waals surface area contributed by atoms with Gasteiger partial charge >= 0.3 is 0 Å². The van der Waals surface area contributed by atoms with Crippen LogP contribution in [0, 0.1) is 5.92 Å². The number of benzene rings is 1. The van der Waals surface area contributed by atoms with Crippen molar-refractivity contribution in [2.45, 2.75) is 18.9 Å². The standard InChI is InChI=1S/C19H20Cl2N2O2/c20-16-4-1-3-13(18(16)21)12-22-6-8-23(9-7-22)19(24)15-11-14(15)17-5-2-10-25-17/h1-5,10,14-15H,6-9,11-12H2. The number of rotatable bonds is 4. The van der Waals surface area contributed by atoms with E-state index in [1.165, 1.54) is 0 Å². The molecule has 2 heterocycles. The van der Waals surface area contributed by atoms with Crippen LogP contribution in [0.3, 0.4) is 0 Å². The van der Waals surface area contributed by atoms with Crippen molar-refractivity contribution < 1.29 is 9.21 Å². The molecule has 2 unspecified atom stereocenters. The van der Waals surface area contributed by atoms with Crippen molar-refractivity contribution in [3.63, 3.8) is 0 Å². The molecule has 2 atom stereocenters. The van der Waals surface area contributed by atoms with Crippen molar-refractivity contribution in [3.8, 4) is 0 Å². The molecular weight excluding hydrogens is 359 g/mol. The van der Waals surface area contributed by atoms with Gasteiger partial charge in [-0.3, -0.25) is 9.69 Å². The van der Waals surface area contributed by atoms with Crippen molar-refractivity contribution in [2.24, 2.45) is 5.92 Å². The first-order chi connectivity index (χ1) is 12.1. The quantitative estimate of drug-likeness (QED) is 0.805. The second-order valence-corrected chi connectivity index (χ2v) is 7.56. The van der Waals surface area contributed by atoms with E-state index in [2.05, 4.69) is 4.90 Å². The summed E-state index contributed by atoms with van der Waals surface area (Å²) in [6, 6.07) is 9.57. The number of carbonyl (C=O) groups excluding carboxylic acids is 1. The number of furan rings is 1. The summed E-state index contributed by atoms with van der Waals surface area (Å²) >= 11 is 12.4. The van der Waals surface area contributed by atoms with E-state index in [0.717, 1.165) is 50.5 Å². The first kappa shape index (κ1) is 17.0. The molecule has 0 bridgehead atoms. The van der Waals surface area contributed by atoms with E-state index in [1.54, 1.807) is 12.3 Å². The molecule has 4 rings (SSSR count). The van der Waals surface area contributed by atoms with Crippen LogP contribution >= 0.6 is 23.2 Å². The van der Waals surface area contributed by atoms with Crippen LogP contribution in [0.15, 0.2) is 41.0 Å². The Bertz CT molecular complexity index is 755. The maximum atomic E-state index is 12.7. The molecule has 0 spiro atoms. The molecule has 6 heteroatoms. The van der Waals surface area contributed by atoms with E-state index in [9.17, 15) is 4.79 Å². The van der Waals surface area contributed by atoms with Crippen molar-refractivity contribution in [1.29, 1.82) is 0 Å². The fraction of sp³-hybridized carbons (Fsp3) is 0.421. The lowest BCUT2D eigenvalue weighted by atomic mass is 10.2. The average molecular weight is 379 g/mol.